The molecule has 0 aliphatic heterocycles. The van der Waals surface area contributed by atoms with Crippen LogP contribution in [0.5, 0.6) is 5.75 Å². The van der Waals surface area contributed by atoms with Gasteiger partial charge in [0.15, 0.2) is 0 Å². The van der Waals surface area contributed by atoms with Crippen LogP contribution in [0.3, 0.4) is 0 Å². The Morgan fingerprint density at radius 3 is 2.76 bits per heavy atom. The molecule has 0 unspecified atom stereocenters. The molecule has 2 N–H and O–H groups in total. The van der Waals surface area contributed by atoms with E-state index in [-0.39, 0.29) is 5.95 Å². The van der Waals surface area contributed by atoms with Crippen molar-refractivity contribution in [2.75, 3.05) is 5.73 Å². The van der Waals surface area contributed by atoms with Crippen LogP contribution in [0.15, 0.2) is 67.0 Å². The number of ether oxygens (including phenoxy) is 1. The molecular weight excluding hydrogens is 336 g/mol. The van der Waals surface area contributed by atoms with Crippen molar-refractivity contribution >= 4 is 28.5 Å². The van der Waals surface area contributed by atoms with Crippen molar-refractivity contribution in [3.05, 3.63) is 77.6 Å². The number of hydrogen-bond donors (Lipinski definition) is 1. The molecule has 5 nitrogen and oxygen atoms in total. The largest absolute Gasteiger partial charge is 0.487 e. The Morgan fingerprint density at radius 2 is 1.92 bits per heavy atom. The van der Waals surface area contributed by atoms with Crippen molar-refractivity contribution in [3.63, 3.8) is 0 Å². The number of nitrogens with two attached hydrogens (primary N) is 1. The maximum Gasteiger partial charge on any atom is 0.221 e. The van der Waals surface area contributed by atoms with Gasteiger partial charge in [0, 0.05) is 28.4 Å². The summed E-state index contributed by atoms with van der Waals surface area (Å²) in [5.74, 6) is 1.67. The van der Waals surface area contributed by atoms with E-state index in [4.69, 9.17) is 22.1 Å². The van der Waals surface area contributed by atoms with Gasteiger partial charge in [-0.25, -0.2) is 4.98 Å². The molecule has 0 radical (unpaired) electrons. The van der Waals surface area contributed by atoms with Gasteiger partial charge in [-0.2, -0.15) is 4.98 Å². The summed E-state index contributed by atoms with van der Waals surface area (Å²) in [6, 6.07) is 17.4. The quantitative estimate of drug-likeness (QED) is 0.598. The summed E-state index contributed by atoms with van der Waals surface area (Å²) >= 11 is 6.22. The second kappa shape index (κ2) is 6.45. The molecule has 0 aliphatic rings. The molecule has 0 spiro atoms. The third-order valence-corrected chi connectivity index (χ3v) is 4.29. The van der Waals surface area contributed by atoms with E-state index in [0.29, 0.717) is 17.4 Å². The molecule has 0 aliphatic carbocycles. The number of anilines is 1. The highest BCUT2D eigenvalue weighted by molar-refractivity contribution is 6.31. The minimum absolute atomic E-state index is 0.230. The third-order valence-electron chi connectivity index (χ3n) is 3.92. The molecule has 124 valence electrons. The van der Waals surface area contributed by atoms with E-state index in [1.54, 1.807) is 12.3 Å². The predicted molar refractivity (Wildman–Crippen MR) is 99.1 cm³/mol. The molecule has 0 saturated heterocycles. The number of para-hydroxylation sites is 1. The zero-order valence-electron chi connectivity index (χ0n) is 13.3. The SMILES string of the molecule is Nc1nccc(-n2ccc3cccc(OCc4ccccc4Cl)c32)n1. The summed E-state index contributed by atoms with van der Waals surface area (Å²) in [5, 5.41) is 1.74. The Bertz CT molecular complexity index is 1040. The number of hydrogen-bond acceptors (Lipinski definition) is 4. The van der Waals surface area contributed by atoms with Crippen LogP contribution in [0, 0.1) is 0 Å². The number of halogens is 1. The van der Waals surface area contributed by atoms with Crippen LogP contribution < -0.4 is 10.5 Å². The fraction of sp³-hybridized carbons (Fsp3) is 0.0526. The van der Waals surface area contributed by atoms with Crippen LogP contribution in [0.4, 0.5) is 5.95 Å². The van der Waals surface area contributed by atoms with Crippen LogP contribution >= 0.6 is 11.6 Å². The van der Waals surface area contributed by atoms with E-state index in [2.05, 4.69) is 9.97 Å². The monoisotopic (exact) mass is 350 g/mol. The van der Waals surface area contributed by atoms with Crippen LogP contribution in [-0.2, 0) is 6.61 Å². The third kappa shape index (κ3) is 3.02. The van der Waals surface area contributed by atoms with Gasteiger partial charge in [0.1, 0.15) is 18.2 Å². The van der Waals surface area contributed by atoms with Crippen molar-refractivity contribution in [1.82, 2.24) is 14.5 Å². The molecule has 4 aromatic rings. The van der Waals surface area contributed by atoms with Gasteiger partial charge in [-0.05, 0) is 24.3 Å². The van der Waals surface area contributed by atoms with E-state index >= 15 is 0 Å². The van der Waals surface area contributed by atoms with Crippen molar-refractivity contribution in [2.24, 2.45) is 0 Å². The minimum atomic E-state index is 0.230. The van der Waals surface area contributed by atoms with Crippen molar-refractivity contribution in [1.29, 1.82) is 0 Å². The van der Waals surface area contributed by atoms with Gasteiger partial charge in [-0.15, -0.1) is 0 Å². The second-order valence-corrected chi connectivity index (χ2v) is 5.94. The lowest BCUT2D eigenvalue weighted by molar-refractivity contribution is 0.309. The average Bonchev–Trinajstić information content (AvgIpc) is 3.06. The highest BCUT2D eigenvalue weighted by atomic mass is 35.5. The predicted octanol–water partition coefficient (Wildman–Crippen LogP) is 4.24. The van der Waals surface area contributed by atoms with Gasteiger partial charge in [-0.1, -0.05) is 41.9 Å². The normalized spacial score (nSPS) is 10.9. The van der Waals surface area contributed by atoms with E-state index in [1.807, 2.05) is 59.3 Å². The highest BCUT2D eigenvalue weighted by Crippen LogP contribution is 2.30. The first-order valence-electron chi connectivity index (χ1n) is 7.77. The first-order chi connectivity index (χ1) is 12.2. The molecule has 4 rings (SSSR count). The molecule has 0 atom stereocenters. The number of aromatic nitrogens is 3. The molecule has 0 bridgehead atoms. The molecule has 0 saturated carbocycles. The number of rotatable bonds is 4. The summed E-state index contributed by atoms with van der Waals surface area (Å²) in [4.78, 5) is 8.24. The molecule has 0 amide bonds. The van der Waals surface area contributed by atoms with Crippen LogP contribution in [0.2, 0.25) is 5.02 Å². The van der Waals surface area contributed by atoms with E-state index in [0.717, 1.165) is 22.2 Å². The van der Waals surface area contributed by atoms with Crippen LogP contribution in [0.1, 0.15) is 5.56 Å². The highest BCUT2D eigenvalue weighted by Gasteiger charge is 2.11. The lowest BCUT2D eigenvalue weighted by atomic mass is 10.2. The van der Waals surface area contributed by atoms with E-state index < -0.39 is 0 Å². The summed E-state index contributed by atoms with van der Waals surface area (Å²) in [5.41, 5.74) is 7.58. The first-order valence-corrected chi connectivity index (χ1v) is 8.15. The summed E-state index contributed by atoms with van der Waals surface area (Å²) in [6.07, 6.45) is 3.57. The van der Waals surface area contributed by atoms with Gasteiger partial charge in [0.05, 0.1) is 5.52 Å². The Morgan fingerprint density at radius 1 is 1.04 bits per heavy atom. The fourth-order valence-electron chi connectivity index (χ4n) is 2.74. The number of nitrogen functional groups attached to an aromatic ring is 1. The van der Waals surface area contributed by atoms with Crippen molar-refractivity contribution in [3.8, 4) is 11.6 Å². The van der Waals surface area contributed by atoms with Gasteiger partial charge in [0.2, 0.25) is 5.95 Å². The molecule has 2 aromatic carbocycles. The summed E-state index contributed by atoms with van der Waals surface area (Å²) < 4.78 is 8.00. The molecule has 6 heteroatoms. The average molecular weight is 351 g/mol. The molecular formula is C19H15ClN4O. The smallest absolute Gasteiger partial charge is 0.221 e. The fourth-order valence-corrected chi connectivity index (χ4v) is 2.93. The van der Waals surface area contributed by atoms with E-state index in [9.17, 15) is 0 Å². The lowest BCUT2D eigenvalue weighted by Crippen LogP contribution is -2.03. The molecule has 2 aromatic heterocycles. The zero-order chi connectivity index (χ0) is 17.2. The Hall–Kier alpha value is -3.05. The Labute approximate surface area is 149 Å². The maximum absolute atomic E-state index is 6.22. The van der Waals surface area contributed by atoms with Gasteiger partial charge in [0.25, 0.3) is 0 Å². The second-order valence-electron chi connectivity index (χ2n) is 5.53. The van der Waals surface area contributed by atoms with Gasteiger partial charge >= 0.3 is 0 Å². The lowest BCUT2D eigenvalue weighted by Gasteiger charge is -2.12. The standard InChI is InChI=1S/C19H15ClN4O/c20-15-6-2-1-4-14(15)12-25-16-7-3-5-13-9-11-24(18(13)16)17-8-10-22-19(21)23-17/h1-11H,12H2,(H2,21,22,23). The van der Waals surface area contributed by atoms with Crippen LogP contribution in [0.25, 0.3) is 16.7 Å². The Balaban J connectivity index is 1.74. The first kappa shape index (κ1) is 15.5. The molecule has 2 heterocycles. The molecule has 25 heavy (non-hydrogen) atoms. The molecule has 0 fully saturated rings. The van der Waals surface area contributed by atoms with E-state index in [1.165, 1.54) is 0 Å². The van der Waals surface area contributed by atoms with Gasteiger partial charge < -0.3 is 10.5 Å². The number of benzene rings is 2. The van der Waals surface area contributed by atoms with Gasteiger partial charge in [-0.3, -0.25) is 4.57 Å². The number of nitrogens with zero attached hydrogens (tertiary/aromatic N) is 3. The topological polar surface area (TPSA) is 66.0 Å². The Kier molecular flexibility index (Phi) is 3.99. The zero-order valence-corrected chi connectivity index (χ0v) is 14.0. The summed E-state index contributed by atoms with van der Waals surface area (Å²) in [7, 11) is 0. The van der Waals surface area contributed by atoms with Crippen molar-refractivity contribution in [2.45, 2.75) is 6.61 Å². The summed E-state index contributed by atoms with van der Waals surface area (Å²) in [6.45, 7) is 0.385. The van der Waals surface area contributed by atoms with Crippen LogP contribution in [-0.4, -0.2) is 14.5 Å². The number of fused-ring (bicyclic) bond motifs is 1. The maximum atomic E-state index is 6.22. The minimum Gasteiger partial charge on any atom is -0.487 e. The van der Waals surface area contributed by atoms with Crippen molar-refractivity contribution < 1.29 is 4.74 Å².